The molecule has 0 heterocycles. The first-order valence-electron chi connectivity index (χ1n) is 10.3. The smallest absolute Gasteiger partial charge is 0.259 e. The lowest BCUT2D eigenvalue weighted by molar-refractivity contribution is -0.120. The Hall–Kier alpha value is -3.02. The van der Waals surface area contributed by atoms with Gasteiger partial charge in [-0.2, -0.15) is 5.10 Å². The van der Waals surface area contributed by atoms with E-state index in [9.17, 15) is 9.59 Å². The highest BCUT2D eigenvalue weighted by atomic mass is 127. The zero-order chi connectivity index (χ0) is 24.2. The average molecular weight is 569 g/mol. The molecular weight excluding hydrogens is 541 g/mol. The number of hydrazone groups is 1. The highest BCUT2D eigenvalue weighted by molar-refractivity contribution is 14.1. The quantitative estimate of drug-likeness (QED) is 0.231. The summed E-state index contributed by atoms with van der Waals surface area (Å²) < 4.78 is 22.7. The molecule has 0 aliphatic carbocycles. The van der Waals surface area contributed by atoms with Gasteiger partial charge in [-0.05, 0) is 71.8 Å². The Balaban J connectivity index is 1.95. The van der Waals surface area contributed by atoms with Crippen LogP contribution in [0.25, 0.3) is 0 Å². The molecular formula is C23H28IN3O6. The first kappa shape index (κ1) is 26.2. The van der Waals surface area contributed by atoms with Crippen molar-refractivity contribution < 1.29 is 28.5 Å². The fourth-order valence-corrected chi connectivity index (χ4v) is 3.51. The third-order valence-electron chi connectivity index (χ3n) is 4.24. The molecule has 0 aliphatic rings. The molecule has 2 aromatic rings. The second-order valence-electron chi connectivity index (χ2n) is 6.66. The molecule has 0 saturated heterocycles. The van der Waals surface area contributed by atoms with Gasteiger partial charge < -0.3 is 24.3 Å². The van der Waals surface area contributed by atoms with E-state index in [-0.39, 0.29) is 6.54 Å². The van der Waals surface area contributed by atoms with Gasteiger partial charge in [-0.15, -0.1) is 0 Å². The number of hydrogen-bond donors (Lipinski definition) is 2. The van der Waals surface area contributed by atoms with Gasteiger partial charge in [0, 0.05) is 5.56 Å². The van der Waals surface area contributed by atoms with Crippen LogP contribution in [-0.2, 0) is 4.79 Å². The molecule has 178 valence electrons. The van der Waals surface area contributed by atoms with E-state index in [1.165, 1.54) is 26.5 Å². The topological polar surface area (TPSA) is 107 Å². The summed E-state index contributed by atoms with van der Waals surface area (Å²) in [5.41, 5.74) is 3.47. The number of rotatable bonds is 12. The zero-order valence-corrected chi connectivity index (χ0v) is 21.2. The Kier molecular flexibility index (Phi) is 10.7. The molecule has 0 aromatic heterocycles. The summed E-state index contributed by atoms with van der Waals surface area (Å²) in [6.07, 6.45) is 2.39. The summed E-state index contributed by atoms with van der Waals surface area (Å²) in [5, 5.41) is 6.50. The van der Waals surface area contributed by atoms with Crippen molar-refractivity contribution in [3.8, 4) is 23.0 Å². The summed E-state index contributed by atoms with van der Waals surface area (Å²) in [5.74, 6) is 1.35. The maximum atomic E-state index is 12.3. The third-order valence-corrected chi connectivity index (χ3v) is 5.04. The molecule has 2 amide bonds. The van der Waals surface area contributed by atoms with Gasteiger partial charge in [0.2, 0.25) is 0 Å². The van der Waals surface area contributed by atoms with Crippen LogP contribution in [0.4, 0.5) is 0 Å². The van der Waals surface area contributed by atoms with Gasteiger partial charge in [-0.3, -0.25) is 9.59 Å². The SMILES string of the molecule is CCCOc1c(I)cc(C=NNC(=O)CNC(=O)c2ccc(OC)c(OC)c2)cc1OCC. The zero-order valence-electron chi connectivity index (χ0n) is 19.1. The Morgan fingerprint density at radius 1 is 1.03 bits per heavy atom. The summed E-state index contributed by atoms with van der Waals surface area (Å²) in [7, 11) is 2.99. The van der Waals surface area contributed by atoms with E-state index < -0.39 is 11.8 Å². The van der Waals surface area contributed by atoms with Crippen LogP contribution in [0.1, 0.15) is 36.2 Å². The Bertz CT molecular complexity index is 996. The maximum absolute atomic E-state index is 12.3. The number of amides is 2. The molecule has 0 spiro atoms. The fraction of sp³-hybridized carbons (Fsp3) is 0.348. The standard InChI is InChI=1S/C23H28IN3O6/c1-5-9-33-22-17(24)10-15(11-20(22)32-6-2)13-26-27-21(28)14-25-23(29)16-7-8-18(30-3)19(12-16)31-4/h7-8,10-13H,5-6,9,14H2,1-4H3,(H,25,29)(H,27,28). The number of ether oxygens (including phenoxy) is 4. The minimum Gasteiger partial charge on any atom is -0.493 e. The van der Waals surface area contributed by atoms with Gasteiger partial charge in [0.05, 0.1) is 43.8 Å². The van der Waals surface area contributed by atoms with Gasteiger partial charge in [-0.1, -0.05) is 6.92 Å². The highest BCUT2D eigenvalue weighted by Gasteiger charge is 2.13. The molecule has 33 heavy (non-hydrogen) atoms. The Morgan fingerprint density at radius 3 is 2.45 bits per heavy atom. The molecule has 2 aromatic carbocycles. The number of nitrogens with one attached hydrogen (secondary N) is 2. The molecule has 0 radical (unpaired) electrons. The largest absolute Gasteiger partial charge is 0.493 e. The number of benzene rings is 2. The van der Waals surface area contributed by atoms with E-state index in [0.717, 1.165) is 15.6 Å². The normalized spacial score (nSPS) is 10.6. The van der Waals surface area contributed by atoms with E-state index in [4.69, 9.17) is 18.9 Å². The lowest BCUT2D eigenvalue weighted by Gasteiger charge is -2.14. The van der Waals surface area contributed by atoms with Gasteiger partial charge >= 0.3 is 0 Å². The number of hydrogen-bond acceptors (Lipinski definition) is 7. The Morgan fingerprint density at radius 2 is 1.79 bits per heavy atom. The molecule has 9 nitrogen and oxygen atoms in total. The summed E-state index contributed by atoms with van der Waals surface area (Å²) in [6.45, 7) is 4.78. The summed E-state index contributed by atoms with van der Waals surface area (Å²) >= 11 is 2.17. The lowest BCUT2D eigenvalue weighted by atomic mass is 10.2. The van der Waals surface area contributed by atoms with Crippen LogP contribution >= 0.6 is 22.6 Å². The van der Waals surface area contributed by atoms with Gasteiger partial charge in [-0.25, -0.2) is 5.43 Å². The van der Waals surface area contributed by atoms with E-state index in [0.29, 0.717) is 41.8 Å². The number of carbonyl (C=O) groups excluding carboxylic acids is 2. The van der Waals surface area contributed by atoms with Crippen molar-refractivity contribution >= 4 is 40.6 Å². The summed E-state index contributed by atoms with van der Waals surface area (Å²) in [4.78, 5) is 24.4. The lowest BCUT2D eigenvalue weighted by Crippen LogP contribution is -2.34. The highest BCUT2D eigenvalue weighted by Crippen LogP contribution is 2.34. The van der Waals surface area contributed by atoms with Crippen molar-refractivity contribution in [1.82, 2.24) is 10.7 Å². The van der Waals surface area contributed by atoms with Crippen LogP contribution in [0.15, 0.2) is 35.4 Å². The first-order chi connectivity index (χ1) is 15.9. The van der Waals surface area contributed by atoms with Crippen LogP contribution < -0.4 is 29.7 Å². The van der Waals surface area contributed by atoms with Crippen LogP contribution in [-0.4, -0.2) is 52.0 Å². The molecule has 2 rings (SSSR count). The van der Waals surface area contributed by atoms with E-state index >= 15 is 0 Å². The fourth-order valence-electron chi connectivity index (χ4n) is 2.73. The second-order valence-corrected chi connectivity index (χ2v) is 7.82. The number of nitrogens with zero attached hydrogens (tertiary/aromatic N) is 1. The van der Waals surface area contributed by atoms with Gasteiger partial charge in [0.1, 0.15) is 0 Å². The number of halogens is 1. The first-order valence-corrected chi connectivity index (χ1v) is 11.4. The predicted octanol–water partition coefficient (Wildman–Crippen LogP) is 3.38. The predicted molar refractivity (Wildman–Crippen MR) is 134 cm³/mol. The van der Waals surface area contributed by atoms with E-state index in [1.54, 1.807) is 18.2 Å². The third kappa shape index (κ3) is 7.81. The molecule has 0 bridgehead atoms. The minimum atomic E-state index is -0.470. The molecule has 0 unspecified atom stereocenters. The van der Waals surface area contributed by atoms with Crippen molar-refractivity contribution in [3.63, 3.8) is 0 Å². The van der Waals surface area contributed by atoms with Crippen LogP contribution in [0.5, 0.6) is 23.0 Å². The van der Waals surface area contributed by atoms with Crippen LogP contribution in [0, 0.1) is 3.57 Å². The van der Waals surface area contributed by atoms with Crippen molar-refractivity contribution in [1.29, 1.82) is 0 Å². The summed E-state index contributed by atoms with van der Waals surface area (Å²) in [6, 6.07) is 8.41. The monoisotopic (exact) mass is 569 g/mol. The molecule has 0 fully saturated rings. The van der Waals surface area contributed by atoms with Crippen molar-refractivity contribution in [2.45, 2.75) is 20.3 Å². The van der Waals surface area contributed by atoms with Crippen molar-refractivity contribution in [3.05, 3.63) is 45.0 Å². The van der Waals surface area contributed by atoms with Crippen molar-refractivity contribution in [2.75, 3.05) is 34.0 Å². The molecule has 2 N–H and O–H groups in total. The second kappa shape index (κ2) is 13.5. The van der Waals surface area contributed by atoms with Gasteiger partial charge in [0.25, 0.3) is 11.8 Å². The Labute approximate surface area is 207 Å². The average Bonchev–Trinajstić information content (AvgIpc) is 2.81. The molecule has 0 atom stereocenters. The van der Waals surface area contributed by atoms with Crippen LogP contribution in [0.2, 0.25) is 0 Å². The molecule has 0 saturated carbocycles. The minimum absolute atomic E-state index is 0.240. The number of carbonyl (C=O) groups is 2. The maximum Gasteiger partial charge on any atom is 0.259 e. The molecule has 10 heteroatoms. The van der Waals surface area contributed by atoms with Crippen LogP contribution in [0.3, 0.4) is 0 Å². The van der Waals surface area contributed by atoms with Gasteiger partial charge in [0.15, 0.2) is 23.0 Å². The van der Waals surface area contributed by atoms with E-state index in [1.807, 2.05) is 19.9 Å². The van der Waals surface area contributed by atoms with E-state index in [2.05, 4.69) is 38.4 Å². The van der Waals surface area contributed by atoms with Crippen molar-refractivity contribution in [2.24, 2.45) is 5.10 Å². The number of methoxy groups -OCH3 is 2. The molecule has 0 aliphatic heterocycles.